The first kappa shape index (κ1) is 18.1. The smallest absolute Gasteiger partial charge is 0.404 e. The molecule has 0 aliphatic carbocycles. The third kappa shape index (κ3) is 4.42. The number of likely N-dealkylation sites (N-methyl/N-ethyl adjacent to an activating group) is 2. The van der Waals surface area contributed by atoms with Gasteiger partial charge in [0.15, 0.2) is 5.01 Å². The van der Waals surface area contributed by atoms with Gasteiger partial charge in [0.1, 0.15) is 6.04 Å². The number of carbonyl (C=O) groups is 3. The van der Waals surface area contributed by atoms with Crippen LogP contribution in [0.15, 0.2) is 0 Å². The van der Waals surface area contributed by atoms with Gasteiger partial charge in [0, 0.05) is 38.5 Å². The van der Waals surface area contributed by atoms with Crippen molar-refractivity contribution in [1.29, 1.82) is 0 Å². The molecule has 0 radical (unpaired) electrons. The van der Waals surface area contributed by atoms with Crippen LogP contribution in [0.1, 0.15) is 20.4 Å². The molecule has 0 saturated heterocycles. The van der Waals surface area contributed by atoms with Crippen molar-refractivity contribution in [2.24, 2.45) is 0 Å². The Morgan fingerprint density at radius 2 is 2.12 bits per heavy atom. The molecule has 3 N–H and O–H groups in total. The van der Waals surface area contributed by atoms with E-state index >= 15 is 0 Å². The molecule has 1 atom stereocenters. The summed E-state index contributed by atoms with van der Waals surface area (Å²) in [6.45, 7) is 1.44. The Bertz CT molecular complexity index is 645. The summed E-state index contributed by atoms with van der Waals surface area (Å²) in [6.07, 6.45) is -0.468. The zero-order valence-electron chi connectivity index (χ0n) is 13.8. The van der Waals surface area contributed by atoms with Gasteiger partial charge in [-0.05, 0) is 7.05 Å². The van der Waals surface area contributed by atoms with Gasteiger partial charge in [0.2, 0.25) is 5.91 Å². The first-order chi connectivity index (χ1) is 11.3. The van der Waals surface area contributed by atoms with Crippen LogP contribution < -0.4 is 10.6 Å². The van der Waals surface area contributed by atoms with Gasteiger partial charge in [0.05, 0.1) is 12.2 Å². The Morgan fingerprint density at radius 3 is 2.75 bits per heavy atom. The number of carboxylic acid groups (broad SMARTS) is 1. The quantitative estimate of drug-likeness (QED) is 0.661. The SMILES string of the molecule is CN1CCc2nc(C(=O)NC(CNC(=O)O)C(=O)N(C)C)sc2C1. The van der Waals surface area contributed by atoms with Crippen molar-refractivity contribution < 1.29 is 19.5 Å². The van der Waals surface area contributed by atoms with Gasteiger partial charge in [-0.3, -0.25) is 9.59 Å². The molecule has 10 heteroatoms. The van der Waals surface area contributed by atoms with Crippen molar-refractivity contribution in [3.8, 4) is 0 Å². The van der Waals surface area contributed by atoms with Gasteiger partial charge in [-0.1, -0.05) is 0 Å². The van der Waals surface area contributed by atoms with Gasteiger partial charge in [0.25, 0.3) is 5.91 Å². The van der Waals surface area contributed by atoms with E-state index in [0.717, 1.165) is 30.1 Å². The molecule has 2 heterocycles. The summed E-state index contributed by atoms with van der Waals surface area (Å²) in [5.41, 5.74) is 0.919. The lowest BCUT2D eigenvalue weighted by atomic mass is 10.2. The van der Waals surface area contributed by atoms with E-state index in [0.29, 0.717) is 5.01 Å². The lowest BCUT2D eigenvalue weighted by Crippen LogP contribution is -2.52. The van der Waals surface area contributed by atoms with Crippen molar-refractivity contribution in [2.75, 3.05) is 34.2 Å². The molecule has 1 aliphatic heterocycles. The Morgan fingerprint density at radius 1 is 1.42 bits per heavy atom. The van der Waals surface area contributed by atoms with Gasteiger partial charge in [-0.2, -0.15) is 0 Å². The summed E-state index contributed by atoms with van der Waals surface area (Å²) in [6, 6.07) is -0.979. The average molecular weight is 355 g/mol. The zero-order valence-corrected chi connectivity index (χ0v) is 14.6. The highest BCUT2D eigenvalue weighted by molar-refractivity contribution is 7.13. The molecular formula is C14H21N5O4S. The fraction of sp³-hybridized carbons (Fsp3) is 0.571. The van der Waals surface area contributed by atoms with E-state index in [1.54, 1.807) is 14.1 Å². The van der Waals surface area contributed by atoms with E-state index in [4.69, 9.17) is 5.11 Å². The standard InChI is InChI=1S/C14H21N5O4S/c1-18(2)13(21)9(6-15-14(22)23)16-11(20)12-17-8-4-5-19(3)7-10(8)24-12/h9,15H,4-7H2,1-3H3,(H,16,20)(H,22,23). The van der Waals surface area contributed by atoms with Crippen LogP contribution in [0.4, 0.5) is 4.79 Å². The first-order valence-electron chi connectivity index (χ1n) is 7.44. The van der Waals surface area contributed by atoms with E-state index < -0.39 is 23.9 Å². The van der Waals surface area contributed by atoms with E-state index in [1.165, 1.54) is 16.2 Å². The maximum Gasteiger partial charge on any atom is 0.404 e. The molecule has 1 unspecified atom stereocenters. The summed E-state index contributed by atoms with van der Waals surface area (Å²) >= 11 is 1.31. The topological polar surface area (TPSA) is 115 Å². The first-order valence-corrected chi connectivity index (χ1v) is 8.25. The fourth-order valence-corrected chi connectivity index (χ4v) is 3.43. The summed E-state index contributed by atoms with van der Waals surface area (Å²) < 4.78 is 0. The highest BCUT2D eigenvalue weighted by atomic mass is 32.1. The van der Waals surface area contributed by atoms with Gasteiger partial charge in [-0.15, -0.1) is 11.3 Å². The molecule has 1 aromatic rings. The minimum Gasteiger partial charge on any atom is -0.465 e. The summed E-state index contributed by atoms with van der Waals surface area (Å²) in [5, 5.41) is 13.7. The van der Waals surface area contributed by atoms with Crippen molar-refractivity contribution in [3.63, 3.8) is 0 Å². The van der Waals surface area contributed by atoms with Crippen LogP contribution >= 0.6 is 11.3 Å². The zero-order chi connectivity index (χ0) is 17.9. The predicted octanol–water partition coefficient (Wildman–Crippen LogP) is -0.415. The number of carbonyl (C=O) groups excluding carboxylic acids is 2. The number of nitrogens with zero attached hydrogens (tertiary/aromatic N) is 3. The van der Waals surface area contributed by atoms with Crippen molar-refractivity contribution in [2.45, 2.75) is 19.0 Å². The van der Waals surface area contributed by atoms with Crippen LogP contribution in [-0.2, 0) is 17.8 Å². The van der Waals surface area contributed by atoms with Gasteiger partial charge < -0.3 is 25.5 Å². The van der Waals surface area contributed by atoms with E-state index in [1.807, 2.05) is 7.05 Å². The number of hydrogen-bond donors (Lipinski definition) is 3. The lowest BCUT2D eigenvalue weighted by molar-refractivity contribution is -0.130. The molecule has 1 aromatic heterocycles. The largest absolute Gasteiger partial charge is 0.465 e. The number of nitrogens with one attached hydrogen (secondary N) is 2. The van der Waals surface area contributed by atoms with E-state index in [2.05, 4.69) is 20.5 Å². The van der Waals surface area contributed by atoms with Crippen molar-refractivity contribution >= 4 is 29.2 Å². The van der Waals surface area contributed by atoms with Gasteiger partial charge in [-0.25, -0.2) is 9.78 Å². The monoisotopic (exact) mass is 355 g/mol. The van der Waals surface area contributed by atoms with Crippen LogP contribution in [0.25, 0.3) is 0 Å². The molecule has 0 fully saturated rings. The minimum atomic E-state index is -1.26. The Hall–Kier alpha value is -2.20. The molecule has 0 spiro atoms. The molecule has 24 heavy (non-hydrogen) atoms. The molecule has 3 amide bonds. The normalized spacial score (nSPS) is 15.3. The van der Waals surface area contributed by atoms with Crippen LogP contribution in [0.2, 0.25) is 0 Å². The van der Waals surface area contributed by atoms with Gasteiger partial charge >= 0.3 is 6.09 Å². The molecule has 2 rings (SSSR count). The number of hydrogen-bond acceptors (Lipinski definition) is 6. The van der Waals surface area contributed by atoms with Crippen LogP contribution in [0.5, 0.6) is 0 Å². The molecule has 0 saturated carbocycles. The van der Waals surface area contributed by atoms with E-state index in [9.17, 15) is 14.4 Å². The summed E-state index contributed by atoms with van der Waals surface area (Å²) in [5.74, 6) is -0.859. The number of fused-ring (bicyclic) bond motifs is 1. The average Bonchev–Trinajstić information content (AvgIpc) is 2.93. The second-order valence-electron chi connectivity index (χ2n) is 5.82. The molecule has 9 nitrogen and oxygen atoms in total. The fourth-order valence-electron chi connectivity index (χ4n) is 2.34. The Balaban J connectivity index is 2.09. The second-order valence-corrected chi connectivity index (χ2v) is 6.91. The van der Waals surface area contributed by atoms with Crippen LogP contribution in [0, 0.1) is 0 Å². The van der Waals surface area contributed by atoms with Crippen molar-refractivity contribution in [1.82, 2.24) is 25.4 Å². The highest BCUT2D eigenvalue weighted by Gasteiger charge is 2.26. The lowest BCUT2D eigenvalue weighted by Gasteiger charge is -2.21. The summed E-state index contributed by atoms with van der Waals surface area (Å²) in [4.78, 5) is 44.0. The van der Waals surface area contributed by atoms with Crippen LogP contribution in [0.3, 0.4) is 0 Å². The minimum absolute atomic E-state index is 0.202. The third-order valence-electron chi connectivity index (χ3n) is 3.62. The third-order valence-corrected chi connectivity index (χ3v) is 4.70. The maximum atomic E-state index is 12.4. The number of amides is 3. The highest BCUT2D eigenvalue weighted by Crippen LogP contribution is 2.24. The van der Waals surface area contributed by atoms with E-state index in [-0.39, 0.29) is 6.54 Å². The van der Waals surface area contributed by atoms with Crippen molar-refractivity contribution in [3.05, 3.63) is 15.6 Å². The molecule has 132 valence electrons. The molecule has 0 aromatic carbocycles. The summed E-state index contributed by atoms with van der Waals surface area (Å²) in [7, 11) is 5.09. The molecule has 0 bridgehead atoms. The number of aromatic nitrogens is 1. The number of rotatable bonds is 5. The van der Waals surface area contributed by atoms with Crippen LogP contribution in [-0.4, -0.2) is 78.1 Å². The Labute approximate surface area is 143 Å². The molecular weight excluding hydrogens is 334 g/mol. The second kappa shape index (κ2) is 7.58. The Kier molecular flexibility index (Phi) is 5.73. The predicted molar refractivity (Wildman–Crippen MR) is 88.1 cm³/mol. The number of thiazole rings is 1. The molecule has 1 aliphatic rings. The maximum absolute atomic E-state index is 12.4.